The van der Waals surface area contributed by atoms with E-state index in [-0.39, 0.29) is 0 Å². The van der Waals surface area contributed by atoms with E-state index in [2.05, 4.69) is 282 Å². The minimum atomic E-state index is -1.78. The molecule has 0 spiro atoms. The average Bonchev–Trinajstić information content (AvgIpc) is 3.35. The maximum absolute atomic E-state index is 4.69. The fourth-order valence-electron chi connectivity index (χ4n) is 7.12. The molecule has 0 unspecified atom stereocenters. The molecule has 5 heteroatoms. The Morgan fingerprint density at radius 3 is 0.533 bits per heavy atom. The third kappa shape index (κ3) is 12.1. The molecule has 0 aliphatic heterocycles. The van der Waals surface area contributed by atoms with Crippen molar-refractivity contribution < 1.29 is 18.8 Å². The summed E-state index contributed by atoms with van der Waals surface area (Å²) in [5.74, 6) is 0. The fraction of sp³-hybridized carbons (Fsp3) is 0. The van der Waals surface area contributed by atoms with Gasteiger partial charge in [0.15, 0.2) is 0 Å². The summed E-state index contributed by atoms with van der Waals surface area (Å²) >= 11 is 1.61. The normalized spacial score (nSPS) is 10.6. The van der Waals surface area contributed by atoms with Crippen LogP contribution in [-0.4, -0.2) is 6.30 Å². The van der Waals surface area contributed by atoms with Gasteiger partial charge in [0.25, 0.3) is 0 Å². The van der Waals surface area contributed by atoms with Gasteiger partial charge in [-0.2, -0.15) is 0 Å². The average molecular weight is 1030 g/mol. The molecule has 0 fully saturated rings. The van der Waals surface area contributed by atoms with Crippen molar-refractivity contribution in [2.24, 2.45) is 0 Å². The fourth-order valence-corrected chi connectivity index (χ4v) is 15.2. The minimum Gasteiger partial charge on any atom is -0.0620 e. The standard InChI is InChI=1S/C19H17P.2C18H15P.ClH.Pt/c1-20(17-11-5-2-6-12-17,18-13-7-3-8-14-18)19-15-9-4-10-16-19;2*1-4-10-16(11-5-1)19(17-12-6-2-7-13-17)18-14-8-3-9-15-18;;/h2-16H,1H2;2*1-15H;1H;/q;;;;+2/p+1. The monoisotopic (exact) mass is 1030 g/mol. The van der Waals surface area contributed by atoms with E-state index in [0.717, 1.165) is 0 Å². The molecule has 0 saturated heterocycles. The van der Waals surface area contributed by atoms with E-state index in [1.165, 1.54) is 47.7 Å². The van der Waals surface area contributed by atoms with E-state index in [4.69, 9.17) is 6.30 Å². The van der Waals surface area contributed by atoms with Crippen LogP contribution in [0.1, 0.15) is 0 Å². The molecule has 0 aromatic heterocycles. The largest absolute Gasteiger partial charge is 0.102 e. The summed E-state index contributed by atoms with van der Waals surface area (Å²) in [4.78, 5) is 0. The molecule has 0 aliphatic rings. The van der Waals surface area contributed by atoms with E-state index < -0.39 is 22.7 Å². The zero-order chi connectivity index (χ0) is 41.7. The van der Waals surface area contributed by atoms with Gasteiger partial charge >= 0.3 is 28.2 Å². The number of rotatable bonds is 9. The first-order valence-corrected chi connectivity index (χ1v) is 27.6. The van der Waals surface area contributed by atoms with Gasteiger partial charge < -0.3 is 0 Å². The summed E-state index contributed by atoms with van der Waals surface area (Å²) in [6.07, 6.45) is 4.69. The number of benzene rings is 9. The first-order chi connectivity index (χ1) is 29.7. The van der Waals surface area contributed by atoms with E-state index in [1.54, 1.807) is 18.8 Å². The van der Waals surface area contributed by atoms with Crippen molar-refractivity contribution >= 4 is 86.2 Å². The summed E-state index contributed by atoms with van der Waals surface area (Å²) < 4.78 is 0. The third-order valence-corrected chi connectivity index (χ3v) is 19.0. The van der Waals surface area contributed by atoms with Gasteiger partial charge in [0.1, 0.15) is 31.8 Å². The van der Waals surface area contributed by atoms with Gasteiger partial charge in [0.2, 0.25) is 0 Å². The van der Waals surface area contributed by atoms with Gasteiger partial charge in [-0.25, -0.2) is 0 Å². The maximum Gasteiger partial charge on any atom is 0.102 e. The number of hydrogen-bond donors (Lipinski definition) is 0. The second kappa shape index (κ2) is 24.4. The van der Waals surface area contributed by atoms with Crippen LogP contribution >= 0.6 is 32.1 Å². The summed E-state index contributed by atoms with van der Waals surface area (Å²) in [6, 6.07) is 96.9. The van der Waals surface area contributed by atoms with Crippen molar-refractivity contribution in [2.45, 2.75) is 0 Å². The Morgan fingerprint density at radius 1 is 0.250 bits per heavy atom. The Kier molecular flexibility index (Phi) is 18.2. The molecule has 298 valence electrons. The Bertz CT molecular complexity index is 2140. The van der Waals surface area contributed by atoms with Gasteiger partial charge in [0, 0.05) is 0 Å². The molecular formula is C55H49ClP3Pt+3. The Hall–Kier alpha value is -4.88. The molecular weight excluding hydrogens is 984 g/mol. The second-order valence-electron chi connectivity index (χ2n) is 13.8. The quantitative estimate of drug-likeness (QED) is 0.126. The zero-order valence-corrected chi connectivity index (χ0v) is 39.3. The third-order valence-electron chi connectivity index (χ3n) is 9.97. The van der Waals surface area contributed by atoms with Crippen molar-refractivity contribution in [3.05, 3.63) is 273 Å². The molecule has 9 aromatic rings. The molecule has 0 atom stereocenters. The molecule has 0 saturated carbocycles. The molecule has 0 aliphatic carbocycles. The second-order valence-corrected chi connectivity index (χ2v) is 21.9. The summed E-state index contributed by atoms with van der Waals surface area (Å²) in [5.41, 5.74) is 0. The smallest absolute Gasteiger partial charge is 0.0620 e. The predicted octanol–water partition coefficient (Wildman–Crippen LogP) is 10.5. The SMILES string of the molecule is C=P(c1ccccc1)(c1ccccc1)c1ccccc1.[Cl][Pt+].c1ccc([PH+](c2ccccc2)c2ccccc2)cc1.c1ccc([PH+](c2ccccc2)c2ccccc2)cc1. The number of hydrogen-bond acceptors (Lipinski definition) is 0. The molecule has 9 rings (SSSR count). The maximum atomic E-state index is 4.69. The van der Waals surface area contributed by atoms with Crippen LogP contribution in [0.25, 0.3) is 0 Å². The van der Waals surface area contributed by atoms with E-state index in [9.17, 15) is 0 Å². The molecule has 9 aromatic carbocycles. The van der Waals surface area contributed by atoms with Crippen LogP contribution in [0.2, 0.25) is 0 Å². The first kappa shape index (κ1) is 44.7. The Balaban J connectivity index is 0.000000148. The summed E-state index contributed by atoms with van der Waals surface area (Å²) in [7, 11) is 2.86. The van der Waals surface area contributed by atoms with Crippen LogP contribution in [-0.2, 0) is 18.8 Å². The van der Waals surface area contributed by atoms with Gasteiger partial charge in [-0.3, -0.25) is 0 Å². The molecule has 0 heterocycles. The molecule has 60 heavy (non-hydrogen) atoms. The molecule has 0 N–H and O–H groups in total. The van der Waals surface area contributed by atoms with Crippen molar-refractivity contribution in [1.29, 1.82) is 0 Å². The van der Waals surface area contributed by atoms with Crippen LogP contribution in [0.15, 0.2) is 273 Å². The van der Waals surface area contributed by atoms with Crippen molar-refractivity contribution in [1.82, 2.24) is 0 Å². The molecule has 0 nitrogen and oxygen atoms in total. The van der Waals surface area contributed by atoms with Crippen LogP contribution in [0, 0.1) is 0 Å². The Morgan fingerprint density at radius 2 is 0.383 bits per heavy atom. The summed E-state index contributed by atoms with van der Waals surface area (Å²) in [6.45, 7) is -1.78. The predicted molar refractivity (Wildman–Crippen MR) is 271 cm³/mol. The zero-order valence-electron chi connectivity index (χ0n) is 33.3. The van der Waals surface area contributed by atoms with E-state index in [0.29, 0.717) is 0 Å². The van der Waals surface area contributed by atoms with Crippen molar-refractivity contribution in [2.75, 3.05) is 0 Å². The van der Waals surface area contributed by atoms with Gasteiger partial charge in [-0.15, -0.1) is 0 Å². The van der Waals surface area contributed by atoms with Crippen molar-refractivity contribution in [3.8, 4) is 0 Å². The number of halogens is 1. The van der Waals surface area contributed by atoms with Gasteiger partial charge in [-0.1, -0.05) is 206 Å². The van der Waals surface area contributed by atoms with Gasteiger partial charge in [0.05, 0.1) is 15.8 Å². The molecule has 0 radical (unpaired) electrons. The van der Waals surface area contributed by atoms with E-state index in [1.807, 2.05) is 0 Å². The first-order valence-electron chi connectivity index (χ1n) is 19.8. The van der Waals surface area contributed by atoms with Crippen molar-refractivity contribution in [3.63, 3.8) is 0 Å². The Labute approximate surface area is 375 Å². The topological polar surface area (TPSA) is 0 Å². The summed E-state index contributed by atoms with van der Waals surface area (Å²) in [5, 5.41) is 12.6. The minimum absolute atomic E-state index is 0.877. The van der Waals surface area contributed by atoms with Crippen LogP contribution in [0.3, 0.4) is 0 Å². The van der Waals surface area contributed by atoms with Crippen LogP contribution in [0.5, 0.6) is 0 Å². The van der Waals surface area contributed by atoms with Crippen LogP contribution < -0.4 is 47.7 Å². The molecule has 0 amide bonds. The molecule has 0 bridgehead atoms. The van der Waals surface area contributed by atoms with Gasteiger partial charge in [-0.05, 0) is 95.6 Å². The van der Waals surface area contributed by atoms with Crippen LogP contribution in [0.4, 0.5) is 0 Å². The van der Waals surface area contributed by atoms with E-state index >= 15 is 0 Å².